The first kappa shape index (κ1) is 10.3. The summed E-state index contributed by atoms with van der Waals surface area (Å²) < 4.78 is 0. The Bertz CT molecular complexity index is 570. The van der Waals surface area contributed by atoms with E-state index in [2.05, 4.69) is 10.2 Å². The van der Waals surface area contributed by atoms with Crippen LogP contribution in [0.15, 0.2) is 24.3 Å². The van der Waals surface area contributed by atoms with Gasteiger partial charge in [-0.25, -0.2) is 0 Å². The minimum absolute atomic E-state index is 0.273. The number of carbonyl (C=O) groups is 1. The van der Waals surface area contributed by atoms with E-state index in [-0.39, 0.29) is 5.91 Å². The van der Waals surface area contributed by atoms with E-state index >= 15 is 0 Å². The zero-order valence-corrected chi connectivity index (χ0v) is 10.9. The highest BCUT2D eigenvalue weighted by Crippen LogP contribution is 2.58. The molecule has 2 aliphatic heterocycles. The number of anilines is 1. The summed E-state index contributed by atoms with van der Waals surface area (Å²) in [6.45, 7) is 1.03. The Kier molecular flexibility index (Phi) is 1.80. The minimum Gasteiger partial charge on any atom is -0.384 e. The van der Waals surface area contributed by atoms with Crippen molar-refractivity contribution in [3.8, 4) is 0 Å². The van der Waals surface area contributed by atoms with Crippen LogP contribution in [0, 0.1) is 17.8 Å². The molecule has 19 heavy (non-hydrogen) atoms. The van der Waals surface area contributed by atoms with Crippen molar-refractivity contribution in [3.05, 3.63) is 29.8 Å². The normalized spacial score (nSPS) is 41.8. The van der Waals surface area contributed by atoms with Crippen LogP contribution in [-0.2, 0) is 0 Å². The number of amides is 1. The van der Waals surface area contributed by atoms with Crippen molar-refractivity contribution in [2.24, 2.45) is 17.8 Å². The van der Waals surface area contributed by atoms with Crippen LogP contribution in [0.5, 0.6) is 0 Å². The second-order valence-electron chi connectivity index (χ2n) is 6.60. The van der Waals surface area contributed by atoms with Crippen LogP contribution in [0.25, 0.3) is 0 Å². The Morgan fingerprint density at radius 1 is 1.16 bits per heavy atom. The Morgan fingerprint density at radius 3 is 2.89 bits per heavy atom. The van der Waals surface area contributed by atoms with Gasteiger partial charge < -0.3 is 10.2 Å². The van der Waals surface area contributed by atoms with Gasteiger partial charge in [0.15, 0.2) is 0 Å². The standard InChI is InChI=1S/C16H18N2O/c19-16-11-3-1-2-4-13(11)17-8-9-7-12-10-5-6-14(10)18(16)15(9)12/h1-4,9-10,12,14-15,17H,5-8H2/t9?,10?,12?,14-,15+/m1/s1. The predicted molar refractivity (Wildman–Crippen MR) is 73.0 cm³/mol. The van der Waals surface area contributed by atoms with Crippen LogP contribution in [0.3, 0.4) is 0 Å². The molecule has 2 aliphatic carbocycles. The maximum absolute atomic E-state index is 12.9. The lowest BCUT2D eigenvalue weighted by atomic mass is 9.62. The topological polar surface area (TPSA) is 32.3 Å². The van der Waals surface area contributed by atoms with Gasteiger partial charge >= 0.3 is 0 Å². The molecular weight excluding hydrogens is 236 g/mol. The lowest BCUT2D eigenvalue weighted by Gasteiger charge is -2.46. The van der Waals surface area contributed by atoms with E-state index in [1.165, 1.54) is 19.3 Å². The van der Waals surface area contributed by atoms with Crippen molar-refractivity contribution < 1.29 is 4.79 Å². The molecule has 5 atom stereocenters. The molecule has 5 rings (SSSR count). The van der Waals surface area contributed by atoms with E-state index in [1.54, 1.807) is 0 Å². The number of para-hydroxylation sites is 1. The van der Waals surface area contributed by atoms with Gasteiger partial charge in [-0.05, 0) is 49.1 Å². The number of fused-ring (bicyclic) bond motifs is 4. The van der Waals surface area contributed by atoms with Gasteiger partial charge in [-0.3, -0.25) is 4.79 Å². The molecule has 1 aromatic rings. The lowest BCUT2D eigenvalue weighted by Crippen LogP contribution is -2.54. The van der Waals surface area contributed by atoms with Gasteiger partial charge in [0.25, 0.3) is 5.91 Å². The Balaban J connectivity index is 1.63. The Hall–Kier alpha value is -1.51. The van der Waals surface area contributed by atoms with Crippen LogP contribution in [-0.4, -0.2) is 29.4 Å². The maximum atomic E-state index is 12.9. The first-order valence-corrected chi connectivity index (χ1v) is 7.50. The third-order valence-electron chi connectivity index (χ3n) is 5.96. The summed E-state index contributed by atoms with van der Waals surface area (Å²) in [7, 11) is 0. The SMILES string of the molecule is O=C1c2ccccc2NCC2CC3C4CC[C@H]4N1[C@@H]23. The molecule has 1 saturated heterocycles. The third-order valence-corrected chi connectivity index (χ3v) is 5.96. The maximum Gasteiger partial charge on any atom is 0.256 e. The summed E-state index contributed by atoms with van der Waals surface area (Å²) in [5.41, 5.74) is 1.90. The second-order valence-corrected chi connectivity index (χ2v) is 6.60. The summed E-state index contributed by atoms with van der Waals surface area (Å²) in [5, 5.41) is 3.50. The molecule has 2 heterocycles. The molecule has 3 unspecified atom stereocenters. The van der Waals surface area contributed by atoms with Crippen molar-refractivity contribution in [2.45, 2.75) is 31.3 Å². The van der Waals surface area contributed by atoms with Crippen LogP contribution in [0.2, 0.25) is 0 Å². The van der Waals surface area contributed by atoms with Gasteiger partial charge in [0.1, 0.15) is 0 Å². The molecule has 4 aliphatic rings. The zero-order chi connectivity index (χ0) is 12.6. The number of rotatable bonds is 0. The number of nitrogens with one attached hydrogen (secondary N) is 1. The monoisotopic (exact) mass is 254 g/mol. The molecule has 0 aromatic heterocycles. The Labute approximate surface area is 113 Å². The first-order valence-electron chi connectivity index (χ1n) is 7.50. The van der Waals surface area contributed by atoms with Crippen LogP contribution >= 0.6 is 0 Å². The highest BCUT2D eigenvalue weighted by molar-refractivity contribution is 6.00. The number of nitrogens with zero attached hydrogens (tertiary/aromatic N) is 1. The molecule has 1 amide bonds. The summed E-state index contributed by atoms with van der Waals surface area (Å²) >= 11 is 0. The molecule has 3 fully saturated rings. The predicted octanol–water partition coefficient (Wildman–Crippen LogP) is 2.35. The quantitative estimate of drug-likeness (QED) is 0.771. The van der Waals surface area contributed by atoms with Gasteiger partial charge in [0, 0.05) is 24.3 Å². The zero-order valence-electron chi connectivity index (χ0n) is 10.9. The smallest absolute Gasteiger partial charge is 0.256 e. The van der Waals surface area contributed by atoms with E-state index in [0.717, 1.165) is 29.6 Å². The minimum atomic E-state index is 0.273. The Morgan fingerprint density at radius 2 is 2.05 bits per heavy atom. The van der Waals surface area contributed by atoms with E-state index < -0.39 is 0 Å². The molecule has 3 heteroatoms. The fourth-order valence-corrected chi connectivity index (χ4v) is 4.91. The number of hydrogen-bond acceptors (Lipinski definition) is 2. The fourth-order valence-electron chi connectivity index (χ4n) is 4.91. The van der Waals surface area contributed by atoms with E-state index in [4.69, 9.17) is 0 Å². The average molecular weight is 254 g/mol. The summed E-state index contributed by atoms with van der Waals surface area (Å²) in [4.78, 5) is 15.2. The molecule has 1 aromatic carbocycles. The number of hydrogen-bond donors (Lipinski definition) is 1. The fraction of sp³-hybridized carbons (Fsp3) is 0.562. The average Bonchev–Trinajstić information content (AvgIpc) is 2.53. The molecular formula is C16H18N2O. The van der Waals surface area contributed by atoms with Gasteiger partial charge in [-0.2, -0.15) is 0 Å². The van der Waals surface area contributed by atoms with Crippen molar-refractivity contribution >= 4 is 11.6 Å². The second kappa shape index (κ2) is 3.33. The highest BCUT2D eigenvalue weighted by atomic mass is 16.2. The first-order chi connectivity index (χ1) is 9.34. The largest absolute Gasteiger partial charge is 0.384 e. The molecule has 0 bridgehead atoms. The van der Waals surface area contributed by atoms with E-state index in [1.807, 2.05) is 24.3 Å². The van der Waals surface area contributed by atoms with Gasteiger partial charge in [0.05, 0.1) is 5.56 Å². The molecule has 2 saturated carbocycles. The van der Waals surface area contributed by atoms with Crippen molar-refractivity contribution in [3.63, 3.8) is 0 Å². The summed E-state index contributed by atoms with van der Waals surface area (Å²) in [6, 6.07) is 9.09. The molecule has 0 radical (unpaired) electrons. The molecule has 98 valence electrons. The lowest BCUT2D eigenvalue weighted by molar-refractivity contribution is 0.0378. The molecule has 0 spiro atoms. The van der Waals surface area contributed by atoms with Gasteiger partial charge in [-0.1, -0.05) is 12.1 Å². The van der Waals surface area contributed by atoms with Crippen LogP contribution < -0.4 is 5.32 Å². The third kappa shape index (κ3) is 1.12. The molecule has 3 nitrogen and oxygen atoms in total. The highest BCUT2D eigenvalue weighted by Gasteiger charge is 2.62. The van der Waals surface area contributed by atoms with Gasteiger partial charge in [-0.15, -0.1) is 0 Å². The van der Waals surface area contributed by atoms with Crippen molar-refractivity contribution in [1.29, 1.82) is 0 Å². The summed E-state index contributed by atoms with van der Waals surface area (Å²) in [6.07, 6.45) is 3.90. The summed E-state index contributed by atoms with van der Waals surface area (Å²) in [5.74, 6) is 2.57. The van der Waals surface area contributed by atoms with Crippen LogP contribution in [0.4, 0.5) is 5.69 Å². The number of carbonyl (C=O) groups excluding carboxylic acids is 1. The van der Waals surface area contributed by atoms with Crippen molar-refractivity contribution in [2.75, 3.05) is 11.9 Å². The van der Waals surface area contributed by atoms with Crippen LogP contribution in [0.1, 0.15) is 29.6 Å². The number of benzene rings is 1. The molecule has 1 N–H and O–H groups in total. The van der Waals surface area contributed by atoms with Gasteiger partial charge in [0.2, 0.25) is 0 Å². The van der Waals surface area contributed by atoms with E-state index in [0.29, 0.717) is 18.0 Å². The van der Waals surface area contributed by atoms with E-state index in [9.17, 15) is 4.79 Å². The van der Waals surface area contributed by atoms with Crippen molar-refractivity contribution in [1.82, 2.24) is 4.90 Å².